The van der Waals surface area contributed by atoms with Crippen molar-refractivity contribution >= 4 is 35.0 Å². The number of carbonyl (C=O) groups excluding carboxylic acids is 1. The molecule has 0 saturated carbocycles. The minimum absolute atomic E-state index is 0.127. The summed E-state index contributed by atoms with van der Waals surface area (Å²) >= 11 is 7.18. The van der Waals surface area contributed by atoms with Gasteiger partial charge in [0.25, 0.3) is 0 Å². The third-order valence-electron chi connectivity index (χ3n) is 4.30. The molecule has 2 heterocycles. The van der Waals surface area contributed by atoms with Gasteiger partial charge in [-0.2, -0.15) is 0 Å². The molecule has 150 valence electrons. The molecule has 1 aliphatic rings. The van der Waals surface area contributed by atoms with Gasteiger partial charge in [0, 0.05) is 29.7 Å². The van der Waals surface area contributed by atoms with Gasteiger partial charge in [-0.3, -0.25) is 4.79 Å². The van der Waals surface area contributed by atoms with Crippen molar-refractivity contribution in [3.8, 4) is 22.9 Å². The molecule has 1 amide bonds. The smallest absolute Gasteiger partial charge is 0.234 e. The third-order valence-corrected chi connectivity index (χ3v) is 5.57. The average molecular weight is 431 g/mol. The van der Waals surface area contributed by atoms with E-state index in [0.29, 0.717) is 40.7 Å². The summed E-state index contributed by atoms with van der Waals surface area (Å²) in [7, 11) is 1.87. The Morgan fingerprint density at radius 3 is 2.69 bits per heavy atom. The summed E-state index contributed by atoms with van der Waals surface area (Å²) in [5, 5.41) is 12.6. The van der Waals surface area contributed by atoms with E-state index in [1.165, 1.54) is 11.8 Å². The van der Waals surface area contributed by atoms with Gasteiger partial charge >= 0.3 is 0 Å². The lowest BCUT2D eigenvalue weighted by Crippen LogP contribution is -2.14. The van der Waals surface area contributed by atoms with Crippen LogP contribution in [0.25, 0.3) is 11.4 Å². The summed E-state index contributed by atoms with van der Waals surface area (Å²) in [6.07, 6.45) is 0.854. The van der Waals surface area contributed by atoms with Crippen LogP contribution in [-0.2, 0) is 11.8 Å². The van der Waals surface area contributed by atoms with Gasteiger partial charge in [-0.15, -0.1) is 10.2 Å². The number of hydrogen-bond acceptors (Lipinski definition) is 6. The highest BCUT2D eigenvalue weighted by Crippen LogP contribution is 2.34. The largest absolute Gasteiger partial charge is 0.490 e. The first-order valence-corrected chi connectivity index (χ1v) is 10.4. The number of nitrogens with zero attached hydrogens (tertiary/aromatic N) is 3. The fourth-order valence-corrected chi connectivity index (χ4v) is 3.69. The highest BCUT2D eigenvalue weighted by atomic mass is 35.5. The number of rotatable bonds is 5. The van der Waals surface area contributed by atoms with Crippen LogP contribution in [0.3, 0.4) is 0 Å². The number of aromatic nitrogens is 3. The van der Waals surface area contributed by atoms with E-state index in [1.54, 1.807) is 24.3 Å². The van der Waals surface area contributed by atoms with E-state index >= 15 is 0 Å². The summed E-state index contributed by atoms with van der Waals surface area (Å²) in [6, 6.07) is 12.7. The molecule has 0 fully saturated rings. The fraction of sp³-hybridized carbons (Fsp3) is 0.250. The minimum Gasteiger partial charge on any atom is -0.490 e. The van der Waals surface area contributed by atoms with Gasteiger partial charge < -0.3 is 19.4 Å². The normalized spacial score (nSPS) is 13.0. The molecular weight excluding hydrogens is 412 g/mol. The number of hydrogen-bond donors (Lipinski definition) is 1. The van der Waals surface area contributed by atoms with Crippen LogP contribution < -0.4 is 14.8 Å². The van der Waals surface area contributed by atoms with Crippen LogP contribution in [0.2, 0.25) is 5.02 Å². The first-order chi connectivity index (χ1) is 14.1. The first-order valence-electron chi connectivity index (χ1n) is 9.08. The molecule has 0 unspecified atom stereocenters. The molecule has 0 atom stereocenters. The molecule has 0 spiro atoms. The summed E-state index contributed by atoms with van der Waals surface area (Å²) in [5.74, 6) is 2.23. The SMILES string of the molecule is Cn1c(SCC(=O)Nc2ccc(Cl)cc2)nnc1-c1ccc2c(c1)OCCCO2. The number of nitrogens with one attached hydrogen (secondary N) is 1. The molecule has 0 saturated heterocycles. The van der Waals surface area contributed by atoms with Crippen molar-refractivity contribution in [2.24, 2.45) is 7.05 Å². The molecule has 4 rings (SSSR count). The standard InChI is InChI=1S/C20H19ClN4O3S/c1-25-19(13-3-8-16-17(11-13)28-10-2-9-27-16)23-24-20(25)29-12-18(26)22-15-6-4-14(21)5-7-15/h3-8,11H,2,9-10,12H2,1H3,(H,22,26). The molecule has 7 nitrogen and oxygen atoms in total. The Labute approximate surface area is 177 Å². The van der Waals surface area contributed by atoms with Gasteiger partial charge in [0.1, 0.15) is 0 Å². The number of halogens is 1. The number of fused-ring (bicyclic) bond motifs is 1. The van der Waals surface area contributed by atoms with Crippen molar-refractivity contribution in [1.82, 2.24) is 14.8 Å². The quantitative estimate of drug-likeness (QED) is 0.616. The second kappa shape index (κ2) is 8.75. The van der Waals surface area contributed by atoms with Crippen molar-refractivity contribution < 1.29 is 14.3 Å². The van der Waals surface area contributed by atoms with E-state index in [-0.39, 0.29) is 11.7 Å². The number of ether oxygens (including phenoxy) is 2. The summed E-state index contributed by atoms with van der Waals surface area (Å²) in [5.41, 5.74) is 1.58. The second-order valence-electron chi connectivity index (χ2n) is 6.42. The van der Waals surface area contributed by atoms with E-state index in [0.717, 1.165) is 17.7 Å². The zero-order valence-electron chi connectivity index (χ0n) is 15.7. The van der Waals surface area contributed by atoms with E-state index in [4.69, 9.17) is 21.1 Å². The number of benzene rings is 2. The monoisotopic (exact) mass is 430 g/mol. The zero-order chi connectivity index (χ0) is 20.2. The predicted octanol–water partition coefficient (Wildman–Crippen LogP) is 4.03. The molecule has 9 heteroatoms. The Balaban J connectivity index is 1.42. The van der Waals surface area contributed by atoms with Gasteiger partial charge in [-0.1, -0.05) is 23.4 Å². The molecule has 3 aromatic rings. The van der Waals surface area contributed by atoms with Gasteiger partial charge in [-0.25, -0.2) is 0 Å². The molecule has 1 aliphatic heterocycles. The van der Waals surface area contributed by atoms with Gasteiger partial charge in [0.05, 0.1) is 19.0 Å². The van der Waals surface area contributed by atoms with Crippen LogP contribution in [0, 0.1) is 0 Å². The lowest BCUT2D eigenvalue weighted by atomic mass is 10.2. The van der Waals surface area contributed by atoms with Crippen molar-refractivity contribution in [2.45, 2.75) is 11.6 Å². The predicted molar refractivity (Wildman–Crippen MR) is 113 cm³/mol. The molecule has 0 radical (unpaired) electrons. The molecule has 2 aromatic carbocycles. The lowest BCUT2D eigenvalue weighted by Gasteiger charge is -2.09. The van der Waals surface area contributed by atoms with Crippen LogP contribution in [0.5, 0.6) is 11.5 Å². The van der Waals surface area contributed by atoms with Crippen molar-refractivity contribution in [3.63, 3.8) is 0 Å². The number of amides is 1. The Morgan fingerprint density at radius 2 is 1.90 bits per heavy atom. The van der Waals surface area contributed by atoms with E-state index in [1.807, 2.05) is 29.8 Å². The van der Waals surface area contributed by atoms with Crippen molar-refractivity contribution in [2.75, 3.05) is 24.3 Å². The van der Waals surface area contributed by atoms with E-state index < -0.39 is 0 Å². The van der Waals surface area contributed by atoms with Gasteiger partial charge in [-0.05, 0) is 42.5 Å². The third kappa shape index (κ3) is 4.65. The lowest BCUT2D eigenvalue weighted by molar-refractivity contribution is -0.113. The van der Waals surface area contributed by atoms with E-state index in [9.17, 15) is 4.79 Å². The second-order valence-corrected chi connectivity index (χ2v) is 7.80. The maximum atomic E-state index is 12.2. The average Bonchev–Trinajstić information content (AvgIpc) is 2.93. The molecule has 1 aromatic heterocycles. The first kappa shape index (κ1) is 19.6. The maximum absolute atomic E-state index is 12.2. The minimum atomic E-state index is -0.127. The molecular formula is C20H19ClN4O3S. The van der Waals surface area contributed by atoms with Crippen LogP contribution in [0.1, 0.15) is 6.42 Å². The molecule has 1 N–H and O–H groups in total. The zero-order valence-corrected chi connectivity index (χ0v) is 17.3. The topological polar surface area (TPSA) is 78.3 Å². The maximum Gasteiger partial charge on any atom is 0.234 e. The van der Waals surface area contributed by atoms with Gasteiger partial charge in [0.2, 0.25) is 5.91 Å². The summed E-state index contributed by atoms with van der Waals surface area (Å²) in [4.78, 5) is 12.2. The summed E-state index contributed by atoms with van der Waals surface area (Å²) < 4.78 is 13.3. The number of thioether (sulfide) groups is 1. The molecule has 0 bridgehead atoms. The van der Waals surface area contributed by atoms with Gasteiger partial charge in [0.15, 0.2) is 22.5 Å². The fourth-order valence-electron chi connectivity index (χ4n) is 2.85. The number of anilines is 1. The van der Waals surface area contributed by atoms with Crippen molar-refractivity contribution in [3.05, 3.63) is 47.5 Å². The van der Waals surface area contributed by atoms with Crippen LogP contribution in [-0.4, -0.2) is 39.6 Å². The highest BCUT2D eigenvalue weighted by Gasteiger charge is 2.16. The highest BCUT2D eigenvalue weighted by molar-refractivity contribution is 7.99. The molecule has 0 aliphatic carbocycles. The van der Waals surface area contributed by atoms with Crippen LogP contribution in [0.15, 0.2) is 47.6 Å². The Kier molecular flexibility index (Phi) is 5.92. The van der Waals surface area contributed by atoms with E-state index in [2.05, 4.69) is 15.5 Å². The van der Waals surface area contributed by atoms with Crippen molar-refractivity contribution in [1.29, 1.82) is 0 Å². The Morgan fingerprint density at radius 1 is 1.14 bits per heavy atom. The van der Waals surface area contributed by atoms with Crippen LogP contribution in [0.4, 0.5) is 5.69 Å². The summed E-state index contributed by atoms with van der Waals surface area (Å²) in [6.45, 7) is 1.27. The Hall–Kier alpha value is -2.71. The number of carbonyl (C=O) groups is 1. The Bertz CT molecular complexity index is 1020. The molecule has 29 heavy (non-hydrogen) atoms. The van der Waals surface area contributed by atoms with Crippen LogP contribution >= 0.6 is 23.4 Å².